The molecule has 1 heterocycles. The van der Waals surface area contributed by atoms with Gasteiger partial charge in [-0.15, -0.1) is 0 Å². The summed E-state index contributed by atoms with van der Waals surface area (Å²) in [5.41, 5.74) is 1.06. The Labute approximate surface area is 243 Å². The van der Waals surface area contributed by atoms with Gasteiger partial charge in [-0.25, -0.2) is 13.2 Å². The highest BCUT2D eigenvalue weighted by Gasteiger charge is 2.26. The van der Waals surface area contributed by atoms with Gasteiger partial charge in [0.2, 0.25) is 0 Å². The zero-order valence-corrected chi connectivity index (χ0v) is 24.2. The summed E-state index contributed by atoms with van der Waals surface area (Å²) in [7, 11) is -2.04. The number of fused-ring (bicyclic) bond motifs is 1. The number of aliphatic carboxylic acids is 1. The molecule has 0 aliphatic carbocycles. The molecule has 10 nitrogen and oxygen atoms in total. The summed E-state index contributed by atoms with van der Waals surface area (Å²) in [5, 5.41) is 25.9. The fraction of sp³-hybridized carbons (Fsp3) is 0.192. The summed E-state index contributed by atoms with van der Waals surface area (Å²) in [6, 6.07) is 10.9. The number of halogens is 2. The largest absolute Gasteiger partial charge is 0.504 e. The molecule has 0 radical (unpaired) electrons. The predicted octanol–water partition coefficient (Wildman–Crippen LogP) is 4.76. The van der Waals surface area contributed by atoms with Crippen LogP contribution in [0.1, 0.15) is 21.5 Å². The SMILES string of the molecule is COc1ccc(CNc2nsc3c(Cl)c(C(=O)N[C@@H](Cc4cccc(S(C)(=O)=O)c4)C(=O)O)c(Cl)cc23)cc1O. The van der Waals surface area contributed by atoms with Gasteiger partial charge in [-0.2, -0.15) is 4.37 Å². The summed E-state index contributed by atoms with van der Waals surface area (Å²) >= 11 is 14.0. The highest BCUT2D eigenvalue weighted by molar-refractivity contribution is 7.90. The van der Waals surface area contributed by atoms with E-state index in [1.54, 1.807) is 24.3 Å². The van der Waals surface area contributed by atoms with Gasteiger partial charge in [-0.1, -0.05) is 41.4 Å². The summed E-state index contributed by atoms with van der Waals surface area (Å²) in [6.45, 7) is 0.314. The number of methoxy groups -OCH3 is 1. The van der Waals surface area contributed by atoms with Gasteiger partial charge in [0.05, 0.1) is 32.3 Å². The van der Waals surface area contributed by atoms with Crippen LogP contribution in [0, 0.1) is 0 Å². The first kappa shape index (κ1) is 29.4. The van der Waals surface area contributed by atoms with Crippen molar-refractivity contribution in [1.29, 1.82) is 0 Å². The Morgan fingerprint density at radius 1 is 1.12 bits per heavy atom. The van der Waals surface area contributed by atoms with Crippen molar-refractivity contribution in [3.8, 4) is 11.5 Å². The Morgan fingerprint density at radius 2 is 1.88 bits per heavy atom. The van der Waals surface area contributed by atoms with Gasteiger partial charge >= 0.3 is 5.97 Å². The number of nitrogens with one attached hydrogen (secondary N) is 2. The van der Waals surface area contributed by atoms with E-state index in [0.717, 1.165) is 23.4 Å². The summed E-state index contributed by atoms with van der Waals surface area (Å²) < 4.78 is 33.6. The standard InChI is InChI=1S/C26H23Cl2N3O7S2/c1-38-20-7-6-14(10-19(20)32)12-29-24-16-11-17(27)21(22(28)23(16)39-31-24)25(33)30-18(26(34)35)9-13-4-3-5-15(8-13)40(2,36)37/h3-8,10-11,18,32H,9,12H2,1-2H3,(H,29,31)(H,30,33)(H,34,35)/t18-/m0/s1. The Kier molecular flexibility index (Phi) is 8.74. The van der Waals surface area contributed by atoms with E-state index >= 15 is 0 Å². The van der Waals surface area contributed by atoms with Crippen LogP contribution in [0.3, 0.4) is 0 Å². The molecule has 4 N–H and O–H groups in total. The molecule has 4 rings (SSSR count). The topological polar surface area (TPSA) is 155 Å². The second-order valence-corrected chi connectivity index (χ2v) is 12.4. The molecule has 0 aliphatic heterocycles. The van der Waals surface area contributed by atoms with Crippen molar-refractivity contribution in [3.63, 3.8) is 0 Å². The number of sulfone groups is 1. The normalized spacial score (nSPS) is 12.2. The zero-order valence-electron chi connectivity index (χ0n) is 21.1. The van der Waals surface area contributed by atoms with E-state index in [2.05, 4.69) is 15.0 Å². The van der Waals surface area contributed by atoms with Crippen LogP contribution in [0.25, 0.3) is 10.1 Å². The molecule has 0 fully saturated rings. The number of carboxylic acid groups (broad SMARTS) is 1. The second kappa shape index (κ2) is 11.9. The maximum atomic E-state index is 13.2. The van der Waals surface area contributed by atoms with Crippen LogP contribution >= 0.6 is 34.7 Å². The van der Waals surface area contributed by atoms with Crippen molar-refractivity contribution in [1.82, 2.24) is 9.69 Å². The number of anilines is 1. The molecule has 0 spiro atoms. The molecule has 3 aromatic carbocycles. The molecule has 14 heteroatoms. The van der Waals surface area contributed by atoms with Crippen molar-refractivity contribution in [2.75, 3.05) is 18.7 Å². The lowest BCUT2D eigenvalue weighted by Gasteiger charge is -2.16. The second-order valence-electron chi connectivity index (χ2n) is 8.80. The van der Waals surface area contributed by atoms with Crippen LogP contribution in [-0.4, -0.2) is 54.3 Å². The van der Waals surface area contributed by atoms with Crippen LogP contribution in [-0.2, 0) is 27.6 Å². The van der Waals surface area contributed by atoms with Crippen molar-refractivity contribution in [2.45, 2.75) is 23.9 Å². The first-order chi connectivity index (χ1) is 18.9. The molecule has 0 saturated carbocycles. The molecule has 1 amide bonds. The zero-order chi connectivity index (χ0) is 29.2. The van der Waals surface area contributed by atoms with Gasteiger partial charge in [-0.3, -0.25) is 4.79 Å². The van der Waals surface area contributed by atoms with E-state index in [-0.39, 0.29) is 32.7 Å². The van der Waals surface area contributed by atoms with Crippen LogP contribution in [0.2, 0.25) is 10.0 Å². The van der Waals surface area contributed by atoms with Crippen LogP contribution < -0.4 is 15.4 Å². The summed E-state index contributed by atoms with van der Waals surface area (Å²) in [4.78, 5) is 25.1. The predicted molar refractivity (Wildman–Crippen MR) is 154 cm³/mol. The first-order valence-corrected chi connectivity index (χ1v) is 15.0. The van der Waals surface area contributed by atoms with E-state index < -0.39 is 27.8 Å². The quantitative estimate of drug-likeness (QED) is 0.196. The molecular weight excluding hydrogens is 601 g/mol. The number of hydrogen-bond acceptors (Lipinski definition) is 9. The number of carboxylic acids is 1. The van der Waals surface area contributed by atoms with E-state index in [9.17, 15) is 28.2 Å². The van der Waals surface area contributed by atoms with E-state index in [0.29, 0.717) is 33.8 Å². The number of ether oxygens (including phenoxy) is 1. The fourth-order valence-electron chi connectivity index (χ4n) is 3.94. The van der Waals surface area contributed by atoms with Crippen molar-refractivity contribution in [2.24, 2.45) is 0 Å². The monoisotopic (exact) mass is 623 g/mol. The molecule has 0 unspecified atom stereocenters. The van der Waals surface area contributed by atoms with Gasteiger partial charge in [0.1, 0.15) is 11.9 Å². The third-order valence-electron chi connectivity index (χ3n) is 5.96. The molecule has 210 valence electrons. The molecule has 0 aliphatic rings. The Bertz CT molecular complexity index is 1730. The third kappa shape index (κ3) is 6.41. The number of rotatable bonds is 10. The van der Waals surface area contributed by atoms with Gasteiger partial charge in [0.15, 0.2) is 21.3 Å². The summed E-state index contributed by atoms with van der Waals surface area (Å²) in [5.74, 6) is -1.32. The lowest BCUT2D eigenvalue weighted by atomic mass is 10.1. The Balaban J connectivity index is 1.55. The van der Waals surface area contributed by atoms with E-state index in [1.165, 1.54) is 31.4 Å². The number of phenols is 1. The maximum Gasteiger partial charge on any atom is 0.326 e. The molecule has 1 atom stereocenters. The van der Waals surface area contributed by atoms with Crippen molar-refractivity contribution in [3.05, 3.63) is 75.3 Å². The minimum absolute atomic E-state index is 0.00514. The number of carbonyl (C=O) groups is 2. The molecule has 1 aromatic heterocycles. The third-order valence-corrected chi connectivity index (χ3v) is 8.74. The smallest absolute Gasteiger partial charge is 0.326 e. The first-order valence-electron chi connectivity index (χ1n) is 11.6. The molecule has 0 bridgehead atoms. The van der Waals surface area contributed by atoms with E-state index in [1.807, 2.05) is 0 Å². The maximum absolute atomic E-state index is 13.2. The van der Waals surface area contributed by atoms with E-state index in [4.69, 9.17) is 27.9 Å². The fourth-order valence-corrected chi connectivity index (χ4v) is 6.15. The summed E-state index contributed by atoms with van der Waals surface area (Å²) in [6.07, 6.45) is 0.879. The number of hydrogen-bond donors (Lipinski definition) is 4. The van der Waals surface area contributed by atoms with Gasteiger partial charge in [0, 0.05) is 24.6 Å². The highest BCUT2D eigenvalue weighted by atomic mass is 35.5. The highest BCUT2D eigenvalue weighted by Crippen LogP contribution is 2.39. The number of nitrogens with zero attached hydrogens (tertiary/aromatic N) is 1. The van der Waals surface area contributed by atoms with Gasteiger partial charge < -0.3 is 25.6 Å². The number of phenolic OH excluding ortho intramolecular Hbond substituents is 1. The number of aromatic hydroxyl groups is 1. The number of aromatic nitrogens is 1. The Hall–Kier alpha value is -3.58. The number of amides is 1. The average molecular weight is 625 g/mol. The minimum Gasteiger partial charge on any atom is -0.504 e. The van der Waals surface area contributed by atoms with Crippen LogP contribution in [0.15, 0.2) is 53.4 Å². The van der Waals surface area contributed by atoms with Crippen molar-refractivity contribution >= 4 is 72.4 Å². The molecule has 4 aromatic rings. The number of carbonyl (C=O) groups excluding carboxylic acids is 1. The lowest BCUT2D eigenvalue weighted by Crippen LogP contribution is -2.42. The minimum atomic E-state index is -3.50. The van der Waals surface area contributed by atoms with Crippen molar-refractivity contribution < 1.29 is 33.0 Å². The van der Waals surface area contributed by atoms with Crippen LogP contribution in [0.4, 0.5) is 5.82 Å². The van der Waals surface area contributed by atoms with Gasteiger partial charge in [-0.05, 0) is 53.0 Å². The molecular formula is C26H23Cl2N3O7S2. The molecule has 40 heavy (non-hydrogen) atoms. The average Bonchev–Trinajstić information content (AvgIpc) is 3.29. The van der Waals surface area contributed by atoms with Gasteiger partial charge in [0.25, 0.3) is 5.91 Å². The molecule has 0 saturated heterocycles. The lowest BCUT2D eigenvalue weighted by molar-refractivity contribution is -0.139. The Morgan fingerprint density at radius 3 is 2.52 bits per heavy atom. The number of benzene rings is 3. The van der Waals surface area contributed by atoms with Crippen LogP contribution in [0.5, 0.6) is 11.5 Å².